The Hall–Kier alpha value is -1.30. The standard InChI is InChI=1S/C18H20N2.2CH4.2CH3.Pd/c1-3-7-17-15(5-1)9-11-19(17)13-14-20-12-10-16-6-2-4-8-18(16)20;;;;;/h1-8H,9-14H2;2*1H4;2*1H3;/q;;;2*-1;+2. The second kappa shape index (κ2) is 11.3. The van der Waals surface area contributed by atoms with Gasteiger partial charge in [0.05, 0.1) is 0 Å². The van der Waals surface area contributed by atoms with E-state index in [1.165, 1.54) is 48.4 Å². The van der Waals surface area contributed by atoms with E-state index in [-0.39, 0.29) is 50.1 Å². The van der Waals surface area contributed by atoms with Crippen molar-refractivity contribution in [1.82, 2.24) is 0 Å². The van der Waals surface area contributed by atoms with Crippen LogP contribution in [0.1, 0.15) is 26.0 Å². The van der Waals surface area contributed by atoms with E-state index in [9.17, 15) is 0 Å². The van der Waals surface area contributed by atoms with Crippen molar-refractivity contribution < 1.29 is 20.4 Å². The Morgan fingerprint density at radius 1 is 0.640 bits per heavy atom. The molecule has 2 aromatic rings. The van der Waals surface area contributed by atoms with E-state index >= 15 is 0 Å². The molecule has 0 N–H and O–H groups in total. The van der Waals surface area contributed by atoms with E-state index in [0.29, 0.717) is 0 Å². The Balaban J connectivity index is 0. The Labute approximate surface area is 169 Å². The van der Waals surface area contributed by atoms with E-state index in [4.69, 9.17) is 0 Å². The maximum atomic E-state index is 2.54. The summed E-state index contributed by atoms with van der Waals surface area (Å²) in [5.41, 5.74) is 5.91. The minimum Gasteiger partial charge on any atom is -0.369 e. The number of anilines is 2. The quantitative estimate of drug-likeness (QED) is 0.480. The molecular formula is C22H34N2Pd. The van der Waals surface area contributed by atoms with Crippen LogP contribution in [0.5, 0.6) is 0 Å². The van der Waals surface area contributed by atoms with E-state index in [0.717, 1.165) is 13.1 Å². The first-order chi connectivity index (χ1) is 9.92. The molecule has 2 heterocycles. The molecule has 0 aromatic heterocycles. The third-order valence-electron chi connectivity index (χ3n) is 4.61. The molecule has 2 aliphatic rings. The summed E-state index contributed by atoms with van der Waals surface area (Å²) in [7, 11) is 0. The van der Waals surface area contributed by atoms with Gasteiger partial charge in [0, 0.05) is 37.6 Å². The van der Waals surface area contributed by atoms with Crippen molar-refractivity contribution in [2.75, 3.05) is 36.0 Å². The molecule has 3 heteroatoms. The van der Waals surface area contributed by atoms with Gasteiger partial charge in [0.1, 0.15) is 0 Å². The van der Waals surface area contributed by atoms with E-state index < -0.39 is 0 Å². The third kappa shape index (κ3) is 5.09. The van der Waals surface area contributed by atoms with Gasteiger partial charge in [-0.2, -0.15) is 0 Å². The van der Waals surface area contributed by atoms with Crippen molar-refractivity contribution in [2.24, 2.45) is 0 Å². The van der Waals surface area contributed by atoms with Crippen molar-refractivity contribution in [1.29, 1.82) is 0 Å². The van der Waals surface area contributed by atoms with Crippen LogP contribution in [0.3, 0.4) is 0 Å². The van der Waals surface area contributed by atoms with Crippen molar-refractivity contribution in [3.63, 3.8) is 0 Å². The average Bonchev–Trinajstić information content (AvgIpc) is 3.09. The van der Waals surface area contributed by atoms with Crippen molar-refractivity contribution in [3.8, 4) is 0 Å². The van der Waals surface area contributed by atoms with Gasteiger partial charge in [-0.1, -0.05) is 51.3 Å². The molecular weight excluding hydrogens is 399 g/mol. The second-order valence-corrected chi connectivity index (χ2v) is 5.73. The first-order valence-electron chi connectivity index (χ1n) is 7.57. The molecule has 0 radical (unpaired) electrons. The summed E-state index contributed by atoms with van der Waals surface area (Å²) in [5.74, 6) is 0. The maximum Gasteiger partial charge on any atom is 2.00 e. The van der Waals surface area contributed by atoms with Crippen LogP contribution < -0.4 is 9.80 Å². The number of rotatable bonds is 3. The fourth-order valence-electron chi connectivity index (χ4n) is 3.52. The van der Waals surface area contributed by atoms with Gasteiger partial charge in [-0.15, -0.1) is 0 Å². The smallest absolute Gasteiger partial charge is 0.369 e. The van der Waals surface area contributed by atoms with Crippen LogP contribution in [0.4, 0.5) is 11.4 Å². The summed E-state index contributed by atoms with van der Waals surface area (Å²) in [4.78, 5) is 5.08. The van der Waals surface area contributed by atoms with Gasteiger partial charge in [-0.05, 0) is 36.1 Å². The second-order valence-electron chi connectivity index (χ2n) is 5.73. The Morgan fingerprint density at radius 3 is 1.40 bits per heavy atom. The first kappa shape index (κ1) is 25.9. The monoisotopic (exact) mass is 432 g/mol. The summed E-state index contributed by atoms with van der Waals surface area (Å²) < 4.78 is 0. The van der Waals surface area contributed by atoms with Crippen LogP contribution in [0.15, 0.2) is 48.5 Å². The van der Waals surface area contributed by atoms with Gasteiger partial charge in [-0.3, -0.25) is 0 Å². The van der Waals surface area contributed by atoms with Gasteiger partial charge in [0.2, 0.25) is 0 Å². The van der Waals surface area contributed by atoms with Gasteiger partial charge in [-0.25, -0.2) is 0 Å². The van der Waals surface area contributed by atoms with Gasteiger partial charge < -0.3 is 24.7 Å². The molecule has 0 atom stereocenters. The van der Waals surface area contributed by atoms with E-state index in [1.807, 2.05) is 0 Å². The average molecular weight is 433 g/mol. The van der Waals surface area contributed by atoms with Gasteiger partial charge in [0.15, 0.2) is 0 Å². The predicted octanol–water partition coefficient (Wildman–Crippen LogP) is 5.28. The summed E-state index contributed by atoms with van der Waals surface area (Å²) >= 11 is 0. The number of fused-ring (bicyclic) bond motifs is 2. The molecule has 0 aliphatic carbocycles. The number of hydrogen-bond donors (Lipinski definition) is 0. The number of para-hydroxylation sites is 2. The van der Waals surface area contributed by atoms with Crippen molar-refractivity contribution >= 4 is 11.4 Å². The predicted molar refractivity (Wildman–Crippen MR) is 111 cm³/mol. The minimum absolute atomic E-state index is 0. The fraction of sp³-hybridized carbons (Fsp3) is 0.364. The zero-order valence-electron chi connectivity index (χ0n) is 14.1. The largest absolute Gasteiger partial charge is 2.00 e. The molecule has 0 fully saturated rings. The van der Waals surface area contributed by atoms with Crippen LogP contribution >= 0.6 is 0 Å². The summed E-state index contributed by atoms with van der Waals surface area (Å²) in [6.07, 6.45) is 2.40. The molecule has 0 amide bonds. The fourth-order valence-corrected chi connectivity index (χ4v) is 3.52. The van der Waals surface area contributed by atoms with Crippen LogP contribution in [0, 0.1) is 14.9 Å². The molecule has 0 spiro atoms. The maximum absolute atomic E-state index is 2.54. The summed E-state index contributed by atoms with van der Waals surface area (Å²) in [5, 5.41) is 0. The molecule has 0 saturated heterocycles. The van der Waals surface area contributed by atoms with E-state index in [2.05, 4.69) is 58.3 Å². The Morgan fingerprint density at radius 2 is 1.00 bits per heavy atom. The number of nitrogens with zero attached hydrogens (tertiary/aromatic N) is 2. The zero-order chi connectivity index (χ0) is 13.4. The SMILES string of the molecule is C.C.[CH3-].[CH3-].[Pd+2].c1ccc2c(c1)CCN2CCN1CCc2ccccc21. The third-order valence-corrected chi connectivity index (χ3v) is 4.61. The van der Waals surface area contributed by atoms with Gasteiger partial charge in [0.25, 0.3) is 0 Å². The molecule has 4 rings (SSSR count). The van der Waals surface area contributed by atoms with Crippen LogP contribution in [0.2, 0.25) is 0 Å². The van der Waals surface area contributed by atoms with Crippen LogP contribution in [-0.4, -0.2) is 26.2 Å². The van der Waals surface area contributed by atoms with Gasteiger partial charge >= 0.3 is 20.4 Å². The Kier molecular flexibility index (Phi) is 11.8. The normalized spacial score (nSPS) is 13.1. The Bertz CT molecular complexity index is 571. The topological polar surface area (TPSA) is 6.48 Å². The van der Waals surface area contributed by atoms with Crippen molar-refractivity contribution in [2.45, 2.75) is 27.7 Å². The number of hydrogen-bond acceptors (Lipinski definition) is 2. The van der Waals surface area contributed by atoms with Crippen LogP contribution in [0.25, 0.3) is 0 Å². The molecule has 0 unspecified atom stereocenters. The minimum atomic E-state index is 0. The van der Waals surface area contributed by atoms with Crippen molar-refractivity contribution in [3.05, 3.63) is 74.5 Å². The molecule has 25 heavy (non-hydrogen) atoms. The zero-order valence-corrected chi connectivity index (χ0v) is 15.6. The molecule has 2 aliphatic heterocycles. The van der Waals surface area contributed by atoms with Crippen LogP contribution in [-0.2, 0) is 33.3 Å². The number of benzene rings is 2. The molecule has 0 saturated carbocycles. The molecule has 2 nitrogen and oxygen atoms in total. The molecule has 142 valence electrons. The molecule has 2 aromatic carbocycles. The molecule has 0 bridgehead atoms. The summed E-state index contributed by atoms with van der Waals surface area (Å²) in [6, 6.07) is 17.7. The summed E-state index contributed by atoms with van der Waals surface area (Å²) in [6.45, 7) is 4.61. The first-order valence-corrected chi connectivity index (χ1v) is 7.57. The van der Waals surface area contributed by atoms with E-state index in [1.54, 1.807) is 0 Å².